The quantitative estimate of drug-likeness (QED) is 0.429. The van der Waals surface area contributed by atoms with Gasteiger partial charge in [0.25, 0.3) is 0 Å². The van der Waals surface area contributed by atoms with Crippen molar-refractivity contribution in [3.05, 3.63) is 0 Å². The average Bonchev–Trinajstić information content (AvgIpc) is 2.28. The number of ether oxygens (including phenoxy) is 2. The molecule has 0 saturated heterocycles. The topological polar surface area (TPSA) is 105 Å². The van der Waals surface area contributed by atoms with E-state index in [4.69, 9.17) is 25.8 Å². The lowest BCUT2D eigenvalue weighted by Gasteiger charge is -2.10. The van der Waals surface area contributed by atoms with Crippen LogP contribution in [-0.2, 0) is 9.47 Å². The Labute approximate surface area is 108 Å². The molecule has 0 aromatic heterocycles. The molecule has 0 aliphatic carbocycles. The number of amides is 1. The van der Waals surface area contributed by atoms with E-state index in [-0.39, 0.29) is 13.2 Å². The second-order valence-corrected chi connectivity index (χ2v) is 3.47. The average molecular weight is 260 g/mol. The molecule has 0 spiro atoms. The van der Waals surface area contributed by atoms with E-state index in [1.165, 1.54) is 12.8 Å². The van der Waals surface area contributed by atoms with Gasteiger partial charge >= 0.3 is 0 Å². The van der Waals surface area contributed by atoms with Gasteiger partial charge in [-0.05, 0) is 6.42 Å². The van der Waals surface area contributed by atoms with E-state index in [0.29, 0.717) is 13.2 Å². The highest BCUT2D eigenvalue weighted by molar-refractivity contribution is 5.58. The number of unbranched alkanes of at least 4 members (excludes halogenated alkanes) is 2. The number of nitrogens with two attached hydrogens (primary N) is 1. The number of hydrogen-bond acceptors (Lipinski definition) is 5. The van der Waals surface area contributed by atoms with E-state index in [1.54, 1.807) is 0 Å². The van der Waals surface area contributed by atoms with E-state index in [2.05, 4.69) is 18.6 Å². The molecule has 106 valence electrons. The van der Waals surface area contributed by atoms with Crippen LogP contribution in [0.1, 0.15) is 26.2 Å². The second-order valence-electron chi connectivity index (χ2n) is 3.47. The summed E-state index contributed by atoms with van der Waals surface area (Å²) in [7, 11) is 0. The molecule has 6 heteroatoms. The zero-order chi connectivity index (χ0) is 14.2. The van der Waals surface area contributed by atoms with Crippen molar-refractivity contribution in [2.45, 2.75) is 32.3 Å². The monoisotopic (exact) mass is 260 g/mol. The minimum absolute atomic E-state index is 0.243. The van der Waals surface area contributed by atoms with Crippen molar-refractivity contribution >= 4 is 6.09 Å². The third-order valence-corrected chi connectivity index (χ3v) is 1.70. The molecule has 0 aliphatic heterocycles. The second kappa shape index (κ2) is 15.7. The third kappa shape index (κ3) is 24.1. The first-order valence-corrected chi connectivity index (χ1v) is 5.78. The number of hydrogen-bond donors (Lipinski definition) is 2. The van der Waals surface area contributed by atoms with Gasteiger partial charge in [-0.3, -0.25) is 0 Å². The van der Waals surface area contributed by atoms with Crippen LogP contribution in [0.25, 0.3) is 0 Å². The summed E-state index contributed by atoms with van der Waals surface area (Å²) in [6.45, 7) is 3.67. The Morgan fingerprint density at radius 3 is 2.50 bits per heavy atom. The molecule has 18 heavy (non-hydrogen) atoms. The number of aliphatic hydroxyl groups excluding tert-OH is 1. The maximum Gasteiger partial charge on any atom is 0.131 e. The number of primary amides is 1. The molecule has 1 amide bonds. The van der Waals surface area contributed by atoms with Crippen LogP contribution in [0.4, 0.5) is 4.79 Å². The van der Waals surface area contributed by atoms with E-state index >= 15 is 0 Å². The predicted octanol–water partition coefficient (Wildman–Crippen LogP) is -0.508. The van der Waals surface area contributed by atoms with E-state index in [0.717, 1.165) is 6.42 Å². The summed E-state index contributed by atoms with van der Waals surface area (Å²) >= 11 is 0. The first-order chi connectivity index (χ1) is 8.54. The summed E-state index contributed by atoms with van der Waals surface area (Å²) < 4.78 is 10.2. The van der Waals surface area contributed by atoms with Crippen molar-refractivity contribution in [1.29, 1.82) is 0 Å². The molecule has 0 saturated carbocycles. The summed E-state index contributed by atoms with van der Waals surface area (Å²) in [6, 6.07) is 0. The van der Waals surface area contributed by atoms with Crippen LogP contribution < -0.4 is 10.8 Å². The van der Waals surface area contributed by atoms with Crippen molar-refractivity contribution in [3.8, 4) is 12.3 Å². The molecule has 3 N–H and O–H groups in total. The highest BCUT2D eigenvalue weighted by atomic mass is 16.5. The predicted molar refractivity (Wildman–Crippen MR) is 65.6 cm³/mol. The van der Waals surface area contributed by atoms with Crippen LogP contribution in [0, 0.1) is 12.3 Å². The molecular formula is C12H22NO5-. The summed E-state index contributed by atoms with van der Waals surface area (Å²) in [5.74, 6) is 2.33. The number of carbonyl (C=O) groups excluding carboxylic acids is 1. The normalized spacial score (nSPS) is 10.9. The molecule has 0 aliphatic rings. The molecular weight excluding hydrogens is 238 g/mol. The van der Waals surface area contributed by atoms with E-state index in [1.807, 2.05) is 0 Å². The van der Waals surface area contributed by atoms with Gasteiger partial charge in [0.1, 0.15) is 18.8 Å². The number of carbonyl (C=O) groups is 1. The molecule has 0 aromatic carbocycles. The molecule has 0 bridgehead atoms. The van der Waals surface area contributed by atoms with Crippen LogP contribution >= 0.6 is 0 Å². The van der Waals surface area contributed by atoms with Crippen molar-refractivity contribution < 1.29 is 24.5 Å². The largest absolute Gasteiger partial charge is 0.530 e. The summed E-state index contributed by atoms with van der Waals surface area (Å²) in [4.78, 5) is 8.67. The Bertz CT molecular complexity index is 223. The number of carboxylic acid groups (broad SMARTS) is 1. The summed E-state index contributed by atoms with van der Waals surface area (Å²) in [5.41, 5.74) is 3.92. The summed E-state index contributed by atoms with van der Waals surface area (Å²) in [5, 5.41) is 18.0. The first-order valence-electron chi connectivity index (χ1n) is 5.78. The molecule has 0 fully saturated rings. The van der Waals surface area contributed by atoms with Gasteiger partial charge in [-0.2, -0.15) is 0 Å². The van der Waals surface area contributed by atoms with Gasteiger partial charge in [0.15, 0.2) is 0 Å². The fourth-order valence-corrected chi connectivity index (χ4v) is 0.975. The Balaban J connectivity index is 0. The minimum atomic E-state index is -1.58. The fraction of sp³-hybridized carbons (Fsp3) is 0.750. The van der Waals surface area contributed by atoms with Gasteiger partial charge in [0.05, 0.1) is 13.2 Å². The Hall–Kier alpha value is -1.29. The van der Waals surface area contributed by atoms with Crippen LogP contribution in [0.3, 0.4) is 0 Å². The molecule has 6 nitrogen and oxygen atoms in total. The van der Waals surface area contributed by atoms with Gasteiger partial charge in [0.2, 0.25) is 0 Å². The highest BCUT2D eigenvalue weighted by Gasteiger charge is 2.03. The number of terminal acetylenes is 1. The maximum atomic E-state index is 9.31. The van der Waals surface area contributed by atoms with Crippen LogP contribution in [0.5, 0.6) is 0 Å². The lowest BCUT2D eigenvalue weighted by atomic mass is 10.3. The zero-order valence-corrected chi connectivity index (χ0v) is 10.8. The smallest absolute Gasteiger partial charge is 0.131 e. The van der Waals surface area contributed by atoms with Crippen molar-refractivity contribution in [2.75, 3.05) is 26.4 Å². The summed E-state index contributed by atoms with van der Waals surface area (Å²) in [6.07, 6.45) is 6.23. The standard InChI is InChI=1S/C11H20O3.CH3NO2/c1-3-5-6-8-14-10-11(12)9-13-7-4-2;2-1(3)4/h2,11-12H,3,5-10H2,1H3;2H2,(H,3,4)/p-1. The van der Waals surface area contributed by atoms with Crippen LogP contribution in [0.15, 0.2) is 0 Å². The van der Waals surface area contributed by atoms with Gasteiger partial charge in [-0.1, -0.05) is 25.7 Å². The van der Waals surface area contributed by atoms with Crippen molar-refractivity contribution in [1.82, 2.24) is 0 Å². The highest BCUT2D eigenvalue weighted by Crippen LogP contribution is 1.95. The van der Waals surface area contributed by atoms with Gasteiger partial charge in [0, 0.05) is 6.61 Å². The van der Waals surface area contributed by atoms with Gasteiger partial charge in [-0.15, -0.1) is 6.42 Å². The van der Waals surface area contributed by atoms with Crippen molar-refractivity contribution in [3.63, 3.8) is 0 Å². The lowest BCUT2D eigenvalue weighted by molar-refractivity contribution is -0.245. The molecule has 0 rings (SSSR count). The Morgan fingerprint density at radius 1 is 1.44 bits per heavy atom. The number of rotatable bonds is 9. The first kappa shape index (κ1) is 19.1. The zero-order valence-electron chi connectivity index (χ0n) is 10.8. The third-order valence-electron chi connectivity index (χ3n) is 1.70. The Kier molecular flexibility index (Phi) is 16.6. The molecule has 1 unspecified atom stereocenters. The number of aliphatic hydroxyl groups is 1. The SMILES string of the molecule is C#CCOCC(O)COCCCCC.NC(=O)[O-]. The Morgan fingerprint density at radius 2 is 2.00 bits per heavy atom. The van der Waals surface area contributed by atoms with E-state index in [9.17, 15) is 5.11 Å². The van der Waals surface area contributed by atoms with Gasteiger partial charge < -0.3 is 30.2 Å². The molecule has 0 aromatic rings. The maximum absolute atomic E-state index is 9.31. The van der Waals surface area contributed by atoms with Crippen molar-refractivity contribution in [2.24, 2.45) is 5.73 Å². The molecule has 0 radical (unpaired) electrons. The van der Waals surface area contributed by atoms with Gasteiger partial charge in [-0.25, -0.2) is 0 Å². The van der Waals surface area contributed by atoms with E-state index < -0.39 is 12.2 Å². The van der Waals surface area contributed by atoms with Crippen LogP contribution in [-0.4, -0.2) is 43.7 Å². The minimum Gasteiger partial charge on any atom is -0.530 e. The molecule has 0 heterocycles. The fourth-order valence-electron chi connectivity index (χ4n) is 0.975. The molecule has 1 atom stereocenters. The lowest BCUT2D eigenvalue weighted by Crippen LogP contribution is -2.29. The van der Waals surface area contributed by atoms with Crippen LogP contribution in [0.2, 0.25) is 0 Å².